The summed E-state index contributed by atoms with van der Waals surface area (Å²) in [6, 6.07) is 0. The maximum absolute atomic E-state index is 10.6. The molecule has 0 saturated carbocycles. The van der Waals surface area contributed by atoms with Crippen LogP contribution in [0.5, 0.6) is 0 Å². The zero-order chi connectivity index (χ0) is 27.1. The van der Waals surface area contributed by atoms with Gasteiger partial charge in [-0.3, -0.25) is 4.89 Å². The first kappa shape index (κ1) is 36.0. The molecule has 0 saturated heterocycles. The number of carbonyl (C=O) groups is 1. The molecule has 0 aromatic rings. The summed E-state index contributed by atoms with van der Waals surface area (Å²) < 4.78 is 36.5. The highest BCUT2D eigenvalue weighted by Crippen LogP contribution is 2.24. The van der Waals surface area contributed by atoms with Gasteiger partial charge < -0.3 is 26.6 Å². The molecule has 2 atom stereocenters. The van der Waals surface area contributed by atoms with Crippen molar-refractivity contribution in [1.29, 1.82) is 0 Å². The fourth-order valence-corrected chi connectivity index (χ4v) is 20.4. The highest BCUT2D eigenvalue weighted by Gasteiger charge is 2.44. The Hall–Kier alpha value is -0.202. The maximum atomic E-state index is 10.6. The van der Waals surface area contributed by atoms with Crippen LogP contribution in [0.25, 0.3) is 0 Å². The molecule has 0 aliphatic carbocycles. The van der Waals surface area contributed by atoms with Crippen LogP contribution in [0.3, 0.4) is 0 Å². The minimum absolute atomic E-state index is 0.111. The molecule has 0 fully saturated rings. The van der Waals surface area contributed by atoms with Gasteiger partial charge in [0.2, 0.25) is 0 Å². The largest absolute Gasteiger partial charge is 0.437 e. The third-order valence-electron chi connectivity index (χ3n) is 3.37. The molecule has 2 unspecified atom stereocenters. The molecular weight excluding hydrogens is 509 g/mol. The lowest BCUT2D eigenvalue weighted by Gasteiger charge is -2.41. The van der Waals surface area contributed by atoms with Gasteiger partial charge in [-0.1, -0.05) is 0 Å². The fourth-order valence-electron chi connectivity index (χ4n) is 3.09. The van der Waals surface area contributed by atoms with E-state index in [0.717, 1.165) is 0 Å². The molecule has 9 nitrogen and oxygen atoms in total. The fraction of sp³-hybridized carbons (Fsp3) is 0.857. The molecule has 0 aliphatic rings. The number of carbonyl (C=O) groups excluding carboxylic acids is 1. The van der Waals surface area contributed by atoms with E-state index in [0.29, 0.717) is 32.7 Å². The first-order valence-corrected chi connectivity index (χ1v) is 23.8. The van der Waals surface area contributed by atoms with Gasteiger partial charge in [0, 0.05) is 6.92 Å². The van der Waals surface area contributed by atoms with Crippen molar-refractivity contribution >= 4 is 39.7 Å². The number of rotatable bonds is 18. The van der Waals surface area contributed by atoms with E-state index in [1.165, 1.54) is 6.92 Å². The Morgan fingerprint density at radius 1 is 0.765 bits per heavy atom. The van der Waals surface area contributed by atoms with Gasteiger partial charge in [-0.05, 0) is 65.8 Å². The molecule has 0 bridgehead atoms. The Kier molecular flexibility index (Phi) is 18.3. The zero-order valence-corrected chi connectivity index (χ0v) is 27.4. The minimum Gasteiger partial charge on any atom is -0.437 e. The van der Waals surface area contributed by atoms with E-state index in [2.05, 4.69) is 81.9 Å². The van der Waals surface area contributed by atoms with Crippen molar-refractivity contribution < 1.29 is 41.1 Å². The summed E-state index contributed by atoms with van der Waals surface area (Å²) in [6.07, 6.45) is 0.325. The van der Waals surface area contributed by atoms with Crippen molar-refractivity contribution in [1.82, 2.24) is 0 Å². The highest BCUT2D eigenvalue weighted by atomic mass is 28.5. The van der Waals surface area contributed by atoms with Gasteiger partial charge in [0.1, 0.15) is 6.61 Å². The molecule has 0 aliphatic heterocycles. The van der Waals surface area contributed by atoms with E-state index in [-0.39, 0.29) is 12.7 Å². The summed E-state index contributed by atoms with van der Waals surface area (Å²) in [5.41, 5.74) is 0. The van der Waals surface area contributed by atoms with Crippen LogP contribution in [0.2, 0.25) is 58.9 Å². The van der Waals surface area contributed by atoms with Gasteiger partial charge in [-0.25, -0.2) is 4.79 Å². The molecule has 34 heavy (non-hydrogen) atoms. The van der Waals surface area contributed by atoms with E-state index >= 15 is 0 Å². The Labute approximate surface area is 212 Å². The average molecular weight is 559 g/mol. The van der Waals surface area contributed by atoms with E-state index < -0.39 is 39.7 Å². The third kappa shape index (κ3) is 23.5. The first-order valence-electron chi connectivity index (χ1n) is 11.6. The van der Waals surface area contributed by atoms with Crippen LogP contribution in [0.1, 0.15) is 13.8 Å². The SMILES string of the molecule is C=C.CC(=O)OOCCOC(C)COCCOC[Si](C)(O[Si](C)(C)C)O[Si](C)(C)O[Si](C)(C)C. The lowest BCUT2D eigenvalue weighted by molar-refractivity contribution is -0.275. The molecule has 204 valence electrons. The molecule has 0 amide bonds. The molecular formula is C21H50O9Si4. The van der Waals surface area contributed by atoms with Crippen LogP contribution in [0, 0.1) is 0 Å². The monoisotopic (exact) mass is 558 g/mol. The summed E-state index contributed by atoms with van der Waals surface area (Å²) >= 11 is 0. The molecule has 0 aromatic heterocycles. The second-order valence-corrected chi connectivity index (χ2v) is 26.5. The summed E-state index contributed by atoms with van der Waals surface area (Å²) in [6.45, 7) is 30.2. The van der Waals surface area contributed by atoms with Crippen molar-refractivity contribution in [2.24, 2.45) is 0 Å². The predicted molar refractivity (Wildman–Crippen MR) is 145 cm³/mol. The smallest absolute Gasteiger partial charge is 0.342 e. The molecule has 0 aromatic carbocycles. The molecule has 0 rings (SSSR count). The summed E-state index contributed by atoms with van der Waals surface area (Å²) in [7, 11) is -8.44. The minimum atomic E-state index is -2.57. The van der Waals surface area contributed by atoms with Crippen LogP contribution < -0.4 is 0 Å². The Bertz CT molecular complexity index is 553. The lowest BCUT2D eigenvalue weighted by Crippen LogP contribution is -2.59. The van der Waals surface area contributed by atoms with Crippen LogP contribution in [-0.2, 0) is 41.1 Å². The zero-order valence-electron chi connectivity index (χ0n) is 23.4. The molecule has 13 heteroatoms. The topological polar surface area (TPSA) is 90.9 Å². The van der Waals surface area contributed by atoms with E-state index in [1.807, 2.05) is 6.92 Å². The van der Waals surface area contributed by atoms with Crippen LogP contribution in [0.15, 0.2) is 13.2 Å². The maximum Gasteiger partial charge on any atom is 0.342 e. The average Bonchev–Trinajstić information content (AvgIpc) is 2.61. The quantitative estimate of drug-likeness (QED) is 0.0776. The first-order chi connectivity index (χ1) is 15.4. The van der Waals surface area contributed by atoms with Gasteiger partial charge in [-0.15, -0.1) is 13.2 Å². The lowest BCUT2D eigenvalue weighted by atomic mass is 10.4. The Balaban J connectivity index is 0. The van der Waals surface area contributed by atoms with Crippen molar-refractivity contribution in [3.63, 3.8) is 0 Å². The third-order valence-corrected chi connectivity index (χ3v) is 16.4. The molecule has 0 heterocycles. The van der Waals surface area contributed by atoms with E-state index in [9.17, 15) is 4.79 Å². The molecule has 0 N–H and O–H groups in total. The van der Waals surface area contributed by atoms with Crippen LogP contribution >= 0.6 is 0 Å². The van der Waals surface area contributed by atoms with Crippen molar-refractivity contribution in [2.45, 2.75) is 78.9 Å². The van der Waals surface area contributed by atoms with Gasteiger partial charge in [0.05, 0.1) is 38.8 Å². The van der Waals surface area contributed by atoms with Crippen molar-refractivity contribution in [3.8, 4) is 0 Å². The number of ether oxygens (including phenoxy) is 3. The van der Waals surface area contributed by atoms with Gasteiger partial charge in [0.25, 0.3) is 0 Å². The molecule has 0 spiro atoms. The van der Waals surface area contributed by atoms with Gasteiger partial charge in [-0.2, -0.15) is 4.89 Å². The van der Waals surface area contributed by atoms with Gasteiger partial charge >= 0.3 is 23.1 Å². The van der Waals surface area contributed by atoms with Crippen molar-refractivity contribution in [3.05, 3.63) is 13.2 Å². The number of hydrogen-bond acceptors (Lipinski definition) is 9. The van der Waals surface area contributed by atoms with E-state index in [4.69, 9.17) is 26.6 Å². The van der Waals surface area contributed by atoms with Gasteiger partial charge in [0.15, 0.2) is 16.6 Å². The Morgan fingerprint density at radius 2 is 1.29 bits per heavy atom. The second-order valence-electron chi connectivity index (χ2n) is 10.3. The van der Waals surface area contributed by atoms with Crippen LogP contribution in [0.4, 0.5) is 0 Å². The molecule has 0 radical (unpaired) electrons. The normalized spacial score (nSPS) is 15.1. The number of hydrogen-bond donors (Lipinski definition) is 0. The summed E-state index contributed by atoms with van der Waals surface area (Å²) in [5.74, 6) is -0.490. The summed E-state index contributed by atoms with van der Waals surface area (Å²) in [5, 5.41) is 0. The van der Waals surface area contributed by atoms with Crippen molar-refractivity contribution in [2.75, 3.05) is 39.3 Å². The van der Waals surface area contributed by atoms with E-state index in [1.54, 1.807) is 0 Å². The standard InChI is InChI=1S/C19H46O9Si4.C2H4/c1-18(23-14-15-24-25-19(2)20)16-21-12-13-22-17-32(11,27-30(6,7)8)28-31(9,10)26-29(3,4)5;1-2/h18H,12-17H2,1-11H3;1-2H2. The van der Waals surface area contributed by atoms with Crippen LogP contribution in [-0.4, -0.2) is 85.1 Å². The predicted octanol–water partition coefficient (Wildman–Crippen LogP) is 4.75. The highest BCUT2D eigenvalue weighted by molar-refractivity contribution is 6.89. The summed E-state index contributed by atoms with van der Waals surface area (Å²) in [4.78, 5) is 19.6. The Morgan fingerprint density at radius 3 is 1.79 bits per heavy atom. The second kappa shape index (κ2) is 17.3.